The topological polar surface area (TPSA) is 66.8 Å². The number of rotatable bonds is 45. The number of aliphatic hydroxyl groups is 1. The highest BCUT2D eigenvalue weighted by Gasteiger charge is 2.20. The number of nitrogens with zero attached hydrogens (tertiary/aromatic N) is 1. The Labute approximate surface area is 348 Å². The van der Waals surface area contributed by atoms with Crippen LogP contribution >= 0.6 is 11.8 Å². The quantitative estimate of drug-likeness (QED) is 0.0489. The predicted octanol–water partition coefficient (Wildman–Crippen LogP) is 15.0. The molecule has 0 aliphatic carbocycles. The average molecular weight is 796 g/mol. The lowest BCUT2D eigenvalue weighted by Crippen LogP contribution is -2.27. The van der Waals surface area contributed by atoms with Crippen molar-refractivity contribution in [1.82, 2.24) is 4.90 Å². The van der Waals surface area contributed by atoms with Gasteiger partial charge in [0.25, 0.3) is 0 Å². The van der Waals surface area contributed by atoms with Gasteiger partial charge in [-0.05, 0) is 90.3 Å². The number of carbonyl (C=O) groups is 2. The Hall–Kier alpha value is -0.590. The molecule has 2 atom stereocenters. The fourth-order valence-electron chi connectivity index (χ4n) is 7.86. The fourth-order valence-corrected chi connectivity index (χ4v) is 8.88. The summed E-state index contributed by atoms with van der Waals surface area (Å²) in [6, 6.07) is 0. The van der Waals surface area contributed by atoms with Crippen LogP contribution < -0.4 is 0 Å². The average Bonchev–Trinajstić information content (AvgIpc) is 3.19. The van der Waals surface area contributed by atoms with Crippen molar-refractivity contribution >= 4 is 22.8 Å². The molecule has 55 heavy (non-hydrogen) atoms. The van der Waals surface area contributed by atoms with Gasteiger partial charge in [-0.15, -0.1) is 0 Å². The Morgan fingerprint density at radius 2 is 0.818 bits per heavy atom. The third kappa shape index (κ3) is 37.4. The number of aliphatic hydroxyl groups excluding tert-OH is 1. The van der Waals surface area contributed by atoms with E-state index < -0.39 is 0 Å². The molecule has 0 bridgehead atoms. The molecule has 0 heterocycles. The van der Waals surface area contributed by atoms with Crippen LogP contribution in [0.5, 0.6) is 0 Å². The van der Waals surface area contributed by atoms with E-state index in [9.17, 15) is 14.7 Å². The van der Waals surface area contributed by atoms with Gasteiger partial charge in [0.05, 0.1) is 12.5 Å². The summed E-state index contributed by atoms with van der Waals surface area (Å²) in [5.41, 5.74) is 0. The van der Waals surface area contributed by atoms with Crippen molar-refractivity contribution in [3.05, 3.63) is 0 Å². The van der Waals surface area contributed by atoms with E-state index in [1.165, 1.54) is 148 Å². The number of hydrogen-bond donors (Lipinski definition) is 1. The second kappa shape index (κ2) is 44.5. The lowest BCUT2D eigenvalue weighted by atomic mass is 9.94. The lowest BCUT2D eigenvalue weighted by Gasteiger charge is -2.22. The van der Waals surface area contributed by atoms with Gasteiger partial charge in [0, 0.05) is 18.3 Å². The molecule has 0 aliphatic heterocycles. The summed E-state index contributed by atoms with van der Waals surface area (Å²) in [6.45, 7) is 13.3. The molecule has 1 N–H and O–H groups in total. The first-order chi connectivity index (χ1) is 27.0. The van der Waals surface area contributed by atoms with Crippen LogP contribution in [0.4, 0.5) is 0 Å². The highest BCUT2D eigenvalue weighted by molar-refractivity contribution is 8.13. The van der Waals surface area contributed by atoms with E-state index in [0.717, 1.165) is 102 Å². The molecule has 6 heteroatoms. The molecule has 0 spiro atoms. The van der Waals surface area contributed by atoms with E-state index in [-0.39, 0.29) is 17.8 Å². The van der Waals surface area contributed by atoms with E-state index in [0.29, 0.717) is 18.3 Å². The van der Waals surface area contributed by atoms with Gasteiger partial charge in [-0.3, -0.25) is 9.59 Å². The summed E-state index contributed by atoms with van der Waals surface area (Å²) >= 11 is 1.63. The van der Waals surface area contributed by atoms with E-state index in [1.807, 2.05) is 0 Å². The van der Waals surface area contributed by atoms with Crippen LogP contribution in [-0.2, 0) is 14.3 Å². The van der Waals surface area contributed by atoms with Crippen molar-refractivity contribution in [1.29, 1.82) is 0 Å². The molecule has 0 aromatic heterocycles. The lowest BCUT2D eigenvalue weighted by molar-refractivity contribution is -0.149. The smallest absolute Gasteiger partial charge is 0.308 e. The first-order valence-electron chi connectivity index (χ1n) is 24.7. The van der Waals surface area contributed by atoms with Crippen LogP contribution in [0.2, 0.25) is 0 Å². The van der Waals surface area contributed by atoms with Gasteiger partial charge in [0.15, 0.2) is 5.12 Å². The maximum atomic E-state index is 13.2. The van der Waals surface area contributed by atoms with Gasteiger partial charge in [-0.25, -0.2) is 0 Å². The molecule has 0 saturated carbocycles. The molecule has 0 amide bonds. The minimum atomic E-state index is 0.0646. The normalized spacial score (nSPS) is 12.8. The number of hydrogen-bond acceptors (Lipinski definition) is 6. The third-order valence-corrected chi connectivity index (χ3v) is 12.8. The van der Waals surface area contributed by atoms with Crippen LogP contribution in [0, 0.1) is 11.8 Å². The molecule has 2 unspecified atom stereocenters. The summed E-state index contributed by atoms with van der Waals surface area (Å²) in [5.74, 6) is 1.43. The van der Waals surface area contributed by atoms with E-state index in [1.54, 1.807) is 11.8 Å². The zero-order chi connectivity index (χ0) is 40.3. The summed E-state index contributed by atoms with van der Waals surface area (Å²) in [5, 5.41) is 9.72. The molecule has 0 aliphatic rings. The highest BCUT2D eigenvalue weighted by atomic mass is 32.2. The zero-order valence-electron chi connectivity index (χ0n) is 37.7. The van der Waals surface area contributed by atoms with Gasteiger partial charge in [0.2, 0.25) is 0 Å². The number of ether oxygens (including phenoxy) is 1. The Morgan fingerprint density at radius 1 is 0.455 bits per heavy atom. The number of thioether (sulfide) groups is 1. The van der Waals surface area contributed by atoms with Gasteiger partial charge < -0.3 is 14.7 Å². The molecular weight excluding hydrogens is 699 g/mol. The van der Waals surface area contributed by atoms with Crippen molar-refractivity contribution < 1.29 is 19.4 Å². The van der Waals surface area contributed by atoms with Crippen LogP contribution in [0.15, 0.2) is 0 Å². The summed E-state index contributed by atoms with van der Waals surface area (Å²) in [6.07, 6.45) is 42.1. The second-order valence-corrected chi connectivity index (χ2v) is 18.1. The molecule has 0 aromatic carbocycles. The Kier molecular flexibility index (Phi) is 44.0. The van der Waals surface area contributed by atoms with Crippen molar-refractivity contribution in [2.75, 3.05) is 38.6 Å². The van der Waals surface area contributed by atoms with E-state index in [2.05, 4.69) is 32.6 Å². The van der Waals surface area contributed by atoms with Crippen LogP contribution in [0.3, 0.4) is 0 Å². The number of carbonyl (C=O) groups excluding carboxylic acids is 2. The summed E-state index contributed by atoms with van der Waals surface area (Å²) in [4.78, 5) is 28.8. The number of unbranched alkanes of at least 4 members (excludes halogenated alkanes) is 24. The standard InChI is InChI=1S/C49H97NO4S/c1-5-9-13-17-19-28-37-46(36-26-15-11-7-3)48(52)54-44-34-23-21-30-40-50(42-32-25-33-43-51)41-31-22-24-35-45-55-49(53)47(38-27-16-12-8-4)39-29-20-18-14-10-6-2/h46-47,51H,5-45H2,1-4H3. The SMILES string of the molecule is CCCCCCCCC(CCCCCC)C(=O)OCCCCCCN(CCCCCO)CCCCCCSC(=O)C(CCCCCC)CCCCCCCC. The molecule has 0 saturated heterocycles. The molecule has 5 nitrogen and oxygen atoms in total. The van der Waals surface area contributed by atoms with Crippen molar-refractivity contribution in [2.45, 2.75) is 252 Å². The minimum absolute atomic E-state index is 0.0646. The Balaban J connectivity index is 4.42. The summed E-state index contributed by atoms with van der Waals surface area (Å²) in [7, 11) is 0. The molecule has 0 fully saturated rings. The maximum Gasteiger partial charge on any atom is 0.308 e. The monoisotopic (exact) mass is 796 g/mol. The van der Waals surface area contributed by atoms with Gasteiger partial charge in [-0.2, -0.15) is 0 Å². The van der Waals surface area contributed by atoms with Crippen LogP contribution in [-0.4, -0.2) is 59.7 Å². The minimum Gasteiger partial charge on any atom is -0.465 e. The summed E-state index contributed by atoms with van der Waals surface area (Å²) < 4.78 is 5.84. The highest BCUT2D eigenvalue weighted by Crippen LogP contribution is 2.26. The molecule has 0 rings (SSSR count). The molecule has 0 radical (unpaired) electrons. The molecular formula is C49H97NO4S. The second-order valence-electron chi connectivity index (χ2n) is 17.0. The van der Waals surface area contributed by atoms with Crippen molar-refractivity contribution in [2.24, 2.45) is 11.8 Å². The van der Waals surface area contributed by atoms with Gasteiger partial charge in [-0.1, -0.05) is 194 Å². The van der Waals surface area contributed by atoms with Crippen molar-refractivity contribution in [3.63, 3.8) is 0 Å². The van der Waals surface area contributed by atoms with Crippen molar-refractivity contribution in [3.8, 4) is 0 Å². The Morgan fingerprint density at radius 3 is 1.29 bits per heavy atom. The first kappa shape index (κ1) is 54.4. The maximum absolute atomic E-state index is 13.2. The fraction of sp³-hybridized carbons (Fsp3) is 0.959. The molecule has 0 aromatic rings. The third-order valence-electron chi connectivity index (χ3n) is 11.6. The van der Waals surface area contributed by atoms with Crippen LogP contribution in [0.1, 0.15) is 252 Å². The largest absolute Gasteiger partial charge is 0.465 e. The van der Waals surface area contributed by atoms with E-state index in [4.69, 9.17) is 4.74 Å². The number of esters is 1. The molecule has 328 valence electrons. The van der Waals surface area contributed by atoms with Gasteiger partial charge >= 0.3 is 5.97 Å². The van der Waals surface area contributed by atoms with Crippen LogP contribution in [0.25, 0.3) is 0 Å². The zero-order valence-corrected chi connectivity index (χ0v) is 38.5. The van der Waals surface area contributed by atoms with Gasteiger partial charge in [0.1, 0.15) is 0 Å². The Bertz CT molecular complexity index is 737. The van der Waals surface area contributed by atoms with E-state index >= 15 is 0 Å². The first-order valence-corrected chi connectivity index (χ1v) is 25.7. The predicted molar refractivity (Wildman–Crippen MR) is 243 cm³/mol.